The van der Waals surface area contributed by atoms with E-state index in [2.05, 4.69) is 5.48 Å². The number of nitrogens with two attached hydrogens (primary N) is 1. The number of hydroxylamine groups is 1. The van der Waals surface area contributed by atoms with Gasteiger partial charge in [0.15, 0.2) is 0 Å². The SMILES string of the molecule is CCC(NOC1CCCC1)C(N)=O. The van der Waals surface area contributed by atoms with Crippen molar-refractivity contribution in [1.82, 2.24) is 5.48 Å². The fraction of sp³-hybridized carbons (Fsp3) is 0.889. The van der Waals surface area contributed by atoms with Gasteiger partial charge < -0.3 is 5.73 Å². The summed E-state index contributed by atoms with van der Waals surface area (Å²) in [4.78, 5) is 16.2. The normalized spacial score (nSPS) is 20.4. The quantitative estimate of drug-likeness (QED) is 0.622. The minimum Gasteiger partial charge on any atom is -0.368 e. The zero-order valence-corrected chi connectivity index (χ0v) is 8.08. The number of amides is 1. The van der Waals surface area contributed by atoms with Crippen LogP contribution in [0.5, 0.6) is 0 Å². The topological polar surface area (TPSA) is 64.3 Å². The first-order valence-electron chi connectivity index (χ1n) is 4.94. The van der Waals surface area contributed by atoms with E-state index < -0.39 is 0 Å². The number of primary amides is 1. The maximum Gasteiger partial charge on any atom is 0.236 e. The van der Waals surface area contributed by atoms with Crippen LogP contribution in [0.15, 0.2) is 0 Å². The third-order valence-electron chi connectivity index (χ3n) is 2.43. The van der Waals surface area contributed by atoms with Crippen LogP contribution in [0.2, 0.25) is 0 Å². The van der Waals surface area contributed by atoms with Crippen LogP contribution < -0.4 is 11.2 Å². The van der Waals surface area contributed by atoms with E-state index in [0.29, 0.717) is 6.42 Å². The molecule has 1 saturated carbocycles. The van der Waals surface area contributed by atoms with Gasteiger partial charge in [-0.2, -0.15) is 5.48 Å². The van der Waals surface area contributed by atoms with E-state index in [1.165, 1.54) is 12.8 Å². The monoisotopic (exact) mass is 186 g/mol. The third-order valence-corrected chi connectivity index (χ3v) is 2.43. The van der Waals surface area contributed by atoms with Gasteiger partial charge in [-0.05, 0) is 19.3 Å². The van der Waals surface area contributed by atoms with Crippen molar-refractivity contribution in [2.75, 3.05) is 0 Å². The molecular formula is C9H18N2O2. The Morgan fingerprint density at radius 2 is 2.23 bits per heavy atom. The molecule has 0 aromatic heterocycles. The third kappa shape index (κ3) is 3.32. The Kier molecular flexibility index (Phi) is 4.18. The van der Waals surface area contributed by atoms with Crippen LogP contribution >= 0.6 is 0 Å². The van der Waals surface area contributed by atoms with E-state index in [-0.39, 0.29) is 18.1 Å². The Morgan fingerprint density at radius 3 is 2.69 bits per heavy atom. The van der Waals surface area contributed by atoms with Crippen molar-refractivity contribution < 1.29 is 9.63 Å². The van der Waals surface area contributed by atoms with Gasteiger partial charge in [0.2, 0.25) is 5.91 Å². The standard InChI is InChI=1S/C9H18N2O2/c1-2-8(9(10)12)11-13-7-5-3-4-6-7/h7-8,11H,2-6H2,1H3,(H2,10,12). The molecule has 0 heterocycles. The first-order valence-corrected chi connectivity index (χ1v) is 4.94. The van der Waals surface area contributed by atoms with Gasteiger partial charge in [0, 0.05) is 0 Å². The van der Waals surface area contributed by atoms with Gasteiger partial charge in [-0.15, -0.1) is 0 Å². The molecule has 1 aliphatic carbocycles. The molecule has 76 valence electrons. The second kappa shape index (κ2) is 5.19. The van der Waals surface area contributed by atoms with Gasteiger partial charge in [-0.3, -0.25) is 9.63 Å². The zero-order chi connectivity index (χ0) is 9.68. The average molecular weight is 186 g/mol. The summed E-state index contributed by atoms with van der Waals surface area (Å²) in [5.74, 6) is -0.347. The van der Waals surface area contributed by atoms with Gasteiger partial charge in [-0.1, -0.05) is 19.8 Å². The van der Waals surface area contributed by atoms with E-state index in [0.717, 1.165) is 12.8 Å². The average Bonchev–Trinajstić information content (AvgIpc) is 2.57. The van der Waals surface area contributed by atoms with E-state index in [1.807, 2.05) is 6.92 Å². The first-order chi connectivity index (χ1) is 6.24. The predicted octanol–water partition coefficient (Wildman–Crippen LogP) is 0.714. The summed E-state index contributed by atoms with van der Waals surface area (Å²) in [6, 6.07) is -0.347. The van der Waals surface area contributed by atoms with Gasteiger partial charge in [0.25, 0.3) is 0 Å². The number of carbonyl (C=O) groups excluding carboxylic acids is 1. The molecule has 0 saturated heterocycles. The van der Waals surface area contributed by atoms with Crippen molar-refractivity contribution in [3.63, 3.8) is 0 Å². The summed E-state index contributed by atoms with van der Waals surface area (Å²) in [7, 11) is 0. The molecular weight excluding hydrogens is 168 g/mol. The first kappa shape index (κ1) is 10.5. The van der Waals surface area contributed by atoms with E-state index in [4.69, 9.17) is 10.6 Å². The fourth-order valence-electron chi connectivity index (χ4n) is 1.53. The maximum absolute atomic E-state index is 10.8. The minimum absolute atomic E-state index is 0.272. The van der Waals surface area contributed by atoms with Crippen molar-refractivity contribution in [1.29, 1.82) is 0 Å². The molecule has 1 rings (SSSR count). The van der Waals surface area contributed by atoms with Gasteiger partial charge in [-0.25, -0.2) is 0 Å². The smallest absolute Gasteiger partial charge is 0.236 e. The summed E-state index contributed by atoms with van der Waals surface area (Å²) < 4.78 is 0. The molecule has 0 aromatic rings. The Bertz CT molecular complexity index is 167. The summed E-state index contributed by atoms with van der Waals surface area (Å²) in [6.07, 6.45) is 5.56. The Morgan fingerprint density at radius 1 is 1.62 bits per heavy atom. The highest BCUT2D eigenvalue weighted by atomic mass is 16.7. The minimum atomic E-state index is -0.347. The molecule has 4 heteroatoms. The van der Waals surface area contributed by atoms with E-state index in [1.54, 1.807) is 0 Å². The summed E-state index contributed by atoms with van der Waals surface area (Å²) >= 11 is 0. The van der Waals surface area contributed by atoms with E-state index in [9.17, 15) is 4.79 Å². The maximum atomic E-state index is 10.8. The molecule has 1 aliphatic rings. The van der Waals surface area contributed by atoms with Crippen molar-refractivity contribution in [3.05, 3.63) is 0 Å². The summed E-state index contributed by atoms with van der Waals surface area (Å²) in [6.45, 7) is 1.90. The molecule has 0 aromatic carbocycles. The van der Waals surface area contributed by atoms with Crippen molar-refractivity contribution in [2.45, 2.75) is 51.2 Å². The fourth-order valence-corrected chi connectivity index (χ4v) is 1.53. The molecule has 1 amide bonds. The highest BCUT2D eigenvalue weighted by Crippen LogP contribution is 2.20. The molecule has 3 N–H and O–H groups in total. The lowest BCUT2D eigenvalue weighted by Gasteiger charge is -2.16. The van der Waals surface area contributed by atoms with Crippen molar-refractivity contribution in [2.24, 2.45) is 5.73 Å². The molecule has 1 atom stereocenters. The van der Waals surface area contributed by atoms with Crippen LogP contribution in [-0.2, 0) is 9.63 Å². The van der Waals surface area contributed by atoms with Crippen molar-refractivity contribution >= 4 is 5.91 Å². The number of hydrogen-bond acceptors (Lipinski definition) is 3. The Hall–Kier alpha value is -0.610. The van der Waals surface area contributed by atoms with Gasteiger partial charge in [0.1, 0.15) is 6.04 Å². The van der Waals surface area contributed by atoms with Crippen molar-refractivity contribution in [3.8, 4) is 0 Å². The van der Waals surface area contributed by atoms with Crippen LogP contribution in [0.1, 0.15) is 39.0 Å². The molecule has 0 spiro atoms. The Labute approximate surface area is 78.8 Å². The molecule has 0 radical (unpaired) electrons. The Balaban J connectivity index is 2.18. The van der Waals surface area contributed by atoms with Gasteiger partial charge >= 0.3 is 0 Å². The van der Waals surface area contributed by atoms with Crippen LogP contribution in [0.4, 0.5) is 0 Å². The van der Waals surface area contributed by atoms with Crippen LogP contribution in [0, 0.1) is 0 Å². The molecule has 4 nitrogen and oxygen atoms in total. The highest BCUT2D eigenvalue weighted by molar-refractivity contribution is 5.79. The lowest BCUT2D eigenvalue weighted by Crippen LogP contribution is -2.42. The second-order valence-corrected chi connectivity index (χ2v) is 3.51. The number of carbonyl (C=O) groups is 1. The molecule has 1 fully saturated rings. The molecule has 1 unspecified atom stereocenters. The van der Waals surface area contributed by atoms with Crippen LogP contribution in [-0.4, -0.2) is 18.1 Å². The largest absolute Gasteiger partial charge is 0.368 e. The second-order valence-electron chi connectivity index (χ2n) is 3.51. The van der Waals surface area contributed by atoms with Gasteiger partial charge in [0.05, 0.1) is 6.10 Å². The lowest BCUT2D eigenvalue weighted by molar-refractivity contribution is -0.126. The predicted molar refractivity (Wildman–Crippen MR) is 49.8 cm³/mol. The summed E-state index contributed by atoms with van der Waals surface area (Å²) in [5.41, 5.74) is 7.89. The lowest BCUT2D eigenvalue weighted by atomic mass is 10.2. The number of hydrogen-bond donors (Lipinski definition) is 2. The van der Waals surface area contributed by atoms with Crippen LogP contribution in [0.25, 0.3) is 0 Å². The number of rotatable bonds is 5. The number of nitrogens with one attached hydrogen (secondary N) is 1. The summed E-state index contributed by atoms with van der Waals surface area (Å²) in [5, 5.41) is 0. The van der Waals surface area contributed by atoms with Crippen LogP contribution in [0.3, 0.4) is 0 Å². The molecule has 13 heavy (non-hydrogen) atoms. The zero-order valence-electron chi connectivity index (χ0n) is 8.08. The highest BCUT2D eigenvalue weighted by Gasteiger charge is 2.19. The molecule has 0 aliphatic heterocycles. The molecule has 0 bridgehead atoms. The van der Waals surface area contributed by atoms with E-state index >= 15 is 0 Å².